The van der Waals surface area contributed by atoms with E-state index in [0.717, 1.165) is 24.4 Å². The molecule has 0 aromatic heterocycles. The second kappa shape index (κ2) is 6.64. The van der Waals surface area contributed by atoms with Crippen molar-refractivity contribution < 1.29 is 0 Å². The molecule has 0 bridgehead atoms. The van der Waals surface area contributed by atoms with E-state index in [2.05, 4.69) is 18.2 Å². The lowest BCUT2D eigenvalue weighted by atomic mass is 10.2. The van der Waals surface area contributed by atoms with Gasteiger partial charge in [-0.2, -0.15) is 11.8 Å². The van der Waals surface area contributed by atoms with Crippen LogP contribution < -0.4 is 0 Å². The Morgan fingerprint density at radius 2 is 1.80 bits per heavy atom. The summed E-state index contributed by atoms with van der Waals surface area (Å²) in [5.74, 6) is 1.14. The molecule has 0 saturated carbocycles. The van der Waals surface area contributed by atoms with Crippen LogP contribution in [0.2, 0.25) is 10.0 Å². The van der Waals surface area contributed by atoms with Crippen LogP contribution in [0, 0.1) is 0 Å². The second-order valence-corrected chi connectivity index (χ2v) is 5.37. The Bertz CT molecular complexity index is 297. The minimum atomic E-state index is 0.704. The van der Waals surface area contributed by atoms with Crippen LogP contribution >= 0.6 is 35.0 Å². The summed E-state index contributed by atoms with van der Waals surface area (Å²) >= 11 is 13.7. The molecule has 0 saturated heterocycles. The predicted molar refractivity (Wildman–Crippen MR) is 71.2 cm³/mol. The van der Waals surface area contributed by atoms with Crippen LogP contribution in [0.3, 0.4) is 0 Å². The SMILES string of the molecule is CSCCN(C)Cc1cc(Cl)cc(Cl)c1. The lowest BCUT2D eigenvalue weighted by Crippen LogP contribution is -2.20. The normalized spacial score (nSPS) is 11.0. The smallest absolute Gasteiger partial charge is 0.0424 e. The van der Waals surface area contributed by atoms with Crippen molar-refractivity contribution in [1.82, 2.24) is 4.90 Å². The standard InChI is InChI=1S/C11H15Cl2NS/c1-14(3-4-15-2)8-9-5-10(12)7-11(13)6-9/h5-7H,3-4,8H2,1-2H3. The van der Waals surface area contributed by atoms with Gasteiger partial charge in [0.25, 0.3) is 0 Å². The molecule has 0 heterocycles. The molecule has 15 heavy (non-hydrogen) atoms. The van der Waals surface area contributed by atoms with E-state index in [9.17, 15) is 0 Å². The quantitative estimate of drug-likeness (QED) is 0.796. The monoisotopic (exact) mass is 263 g/mol. The van der Waals surface area contributed by atoms with Crippen molar-refractivity contribution in [3.8, 4) is 0 Å². The molecule has 1 aromatic rings. The molecule has 1 aromatic carbocycles. The van der Waals surface area contributed by atoms with Gasteiger partial charge in [0.15, 0.2) is 0 Å². The molecular weight excluding hydrogens is 249 g/mol. The maximum atomic E-state index is 5.93. The number of halogens is 2. The van der Waals surface area contributed by atoms with Gasteiger partial charge >= 0.3 is 0 Å². The topological polar surface area (TPSA) is 3.24 Å². The fourth-order valence-electron chi connectivity index (χ4n) is 1.34. The van der Waals surface area contributed by atoms with Crippen LogP contribution in [0.15, 0.2) is 18.2 Å². The van der Waals surface area contributed by atoms with Crippen molar-refractivity contribution in [2.75, 3.05) is 25.6 Å². The maximum absolute atomic E-state index is 5.93. The largest absolute Gasteiger partial charge is 0.301 e. The van der Waals surface area contributed by atoms with Gasteiger partial charge in [-0.1, -0.05) is 23.2 Å². The minimum absolute atomic E-state index is 0.704. The van der Waals surface area contributed by atoms with Crippen molar-refractivity contribution in [3.05, 3.63) is 33.8 Å². The molecule has 0 radical (unpaired) electrons. The van der Waals surface area contributed by atoms with Gasteiger partial charge in [0.05, 0.1) is 0 Å². The van der Waals surface area contributed by atoms with Gasteiger partial charge in [-0.05, 0) is 37.1 Å². The summed E-state index contributed by atoms with van der Waals surface area (Å²) in [7, 11) is 2.10. The highest BCUT2D eigenvalue weighted by molar-refractivity contribution is 7.98. The molecule has 0 aliphatic carbocycles. The van der Waals surface area contributed by atoms with Crippen LogP contribution in [0.1, 0.15) is 5.56 Å². The van der Waals surface area contributed by atoms with Gasteiger partial charge in [-0.3, -0.25) is 0 Å². The van der Waals surface area contributed by atoms with Crippen LogP contribution in [0.4, 0.5) is 0 Å². The van der Waals surface area contributed by atoms with Gasteiger partial charge in [0.2, 0.25) is 0 Å². The van der Waals surface area contributed by atoms with Crippen LogP contribution in [-0.2, 0) is 6.54 Å². The second-order valence-electron chi connectivity index (χ2n) is 3.51. The molecule has 0 fully saturated rings. The van der Waals surface area contributed by atoms with E-state index in [1.165, 1.54) is 0 Å². The summed E-state index contributed by atoms with van der Waals surface area (Å²) in [4.78, 5) is 2.26. The Kier molecular flexibility index (Phi) is 5.83. The van der Waals surface area contributed by atoms with Gasteiger partial charge in [-0.25, -0.2) is 0 Å². The summed E-state index contributed by atoms with van der Waals surface area (Å²) in [6.45, 7) is 1.96. The van der Waals surface area contributed by atoms with E-state index in [-0.39, 0.29) is 0 Å². The van der Waals surface area contributed by atoms with Crippen molar-refractivity contribution in [2.45, 2.75) is 6.54 Å². The van der Waals surface area contributed by atoms with Gasteiger partial charge < -0.3 is 4.90 Å². The number of benzene rings is 1. The van der Waals surface area contributed by atoms with E-state index in [1.807, 2.05) is 23.9 Å². The molecule has 0 N–H and O–H groups in total. The summed E-state index contributed by atoms with van der Waals surface area (Å²) in [5, 5.41) is 1.41. The molecule has 0 unspecified atom stereocenters. The number of thioether (sulfide) groups is 1. The zero-order valence-corrected chi connectivity index (χ0v) is 11.3. The highest BCUT2D eigenvalue weighted by atomic mass is 35.5. The minimum Gasteiger partial charge on any atom is -0.301 e. The Balaban J connectivity index is 2.56. The summed E-state index contributed by atoms with van der Waals surface area (Å²) in [6.07, 6.45) is 2.12. The fourth-order valence-corrected chi connectivity index (χ4v) is 2.41. The number of nitrogens with zero attached hydrogens (tertiary/aromatic N) is 1. The van der Waals surface area contributed by atoms with E-state index < -0.39 is 0 Å². The molecule has 0 atom stereocenters. The lowest BCUT2D eigenvalue weighted by Gasteiger charge is -2.16. The first-order valence-corrected chi connectivity index (χ1v) is 6.89. The molecule has 0 aliphatic rings. The Morgan fingerprint density at radius 1 is 1.20 bits per heavy atom. The molecule has 0 amide bonds. The van der Waals surface area contributed by atoms with E-state index in [0.29, 0.717) is 10.0 Å². The third kappa shape index (κ3) is 5.12. The first-order chi connectivity index (χ1) is 7.11. The Morgan fingerprint density at radius 3 is 2.33 bits per heavy atom. The zero-order valence-electron chi connectivity index (χ0n) is 8.96. The predicted octanol–water partition coefficient (Wildman–Crippen LogP) is 3.79. The lowest BCUT2D eigenvalue weighted by molar-refractivity contribution is 0.349. The molecule has 0 aliphatic heterocycles. The molecule has 1 rings (SSSR count). The number of hydrogen-bond acceptors (Lipinski definition) is 2. The highest BCUT2D eigenvalue weighted by Crippen LogP contribution is 2.19. The third-order valence-corrected chi connectivity index (χ3v) is 3.08. The van der Waals surface area contributed by atoms with E-state index in [1.54, 1.807) is 6.07 Å². The van der Waals surface area contributed by atoms with Crippen LogP contribution in [-0.4, -0.2) is 30.5 Å². The fraction of sp³-hybridized carbons (Fsp3) is 0.455. The average Bonchev–Trinajstić information content (AvgIpc) is 2.13. The van der Waals surface area contributed by atoms with Gasteiger partial charge in [0, 0.05) is 28.9 Å². The summed E-state index contributed by atoms with van der Waals surface area (Å²) in [5.41, 5.74) is 1.16. The summed E-state index contributed by atoms with van der Waals surface area (Å²) < 4.78 is 0. The van der Waals surface area contributed by atoms with Crippen molar-refractivity contribution in [2.24, 2.45) is 0 Å². The molecule has 4 heteroatoms. The zero-order chi connectivity index (χ0) is 11.3. The van der Waals surface area contributed by atoms with Crippen LogP contribution in [0.25, 0.3) is 0 Å². The van der Waals surface area contributed by atoms with Crippen molar-refractivity contribution in [1.29, 1.82) is 0 Å². The van der Waals surface area contributed by atoms with Crippen LogP contribution in [0.5, 0.6) is 0 Å². The molecule has 0 spiro atoms. The first kappa shape index (κ1) is 13.2. The number of rotatable bonds is 5. The molecule has 1 nitrogen and oxygen atoms in total. The summed E-state index contributed by atoms with van der Waals surface area (Å²) in [6, 6.07) is 5.68. The Hall–Kier alpha value is 0.110. The van der Waals surface area contributed by atoms with E-state index >= 15 is 0 Å². The first-order valence-electron chi connectivity index (χ1n) is 4.74. The molecular formula is C11H15Cl2NS. The van der Waals surface area contributed by atoms with E-state index in [4.69, 9.17) is 23.2 Å². The van der Waals surface area contributed by atoms with Gasteiger partial charge in [-0.15, -0.1) is 0 Å². The molecule has 84 valence electrons. The Labute approximate surface area is 106 Å². The van der Waals surface area contributed by atoms with Gasteiger partial charge in [0.1, 0.15) is 0 Å². The van der Waals surface area contributed by atoms with Crippen molar-refractivity contribution >= 4 is 35.0 Å². The third-order valence-electron chi connectivity index (χ3n) is 2.05. The maximum Gasteiger partial charge on any atom is 0.0424 e. The number of hydrogen-bond donors (Lipinski definition) is 0. The highest BCUT2D eigenvalue weighted by Gasteiger charge is 2.02. The average molecular weight is 264 g/mol. The van der Waals surface area contributed by atoms with Crippen molar-refractivity contribution in [3.63, 3.8) is 0 Å².